The van der Waals surface area contributed by atoms with Crippen molar-refractivity contribution in [2.75, 3.05) is 27.7 Å². The Morgan fingerprint density at radius 1 is 1.43 bits per heavy atom. The van der Waals surface area contributed by atoms with Crippen LogP contribution >= 0.6 is 0 Å². The van der Waals surface area contributed by atoms with Crippen molar-refractivity contribution in [3.8, 4) is 0 Å². The topological polar surface area (TPSA) is 32.6 Å². The van der Waals surface area contributed by atoms with E-state index < -0.39 is 0 Å². The summed E-state index contributed by atoms with van der Waals surface area (Å²) >= 11 is 0. The Labute approximate surface area is 104 Å². The van der Waals surface area contributed by atoms with Crippen LogP contribution in [0, 0.1) is 11.8 Å². The van der Waals surface area contributed by atoms with Crippen LogP contribution in [0.1, 0.15) is 19.8 Å². The first-order valence-electron chi connectivity index (χ1n) is 4.93. The molecule has 1 aliphatic rings. The normalized spacial score (nSPS) is 30.4. The summed E-state index contributed by atoms with van der Waals surface area (Å²) in [6.45, 7) is 3.31. The molecular weight excluding hydrogens is 291 g/mol. The van der Waals surface area contributed by atoms with Crippen LogP contribution in [0.25, 0.3) is 0 Å². The third-order valence-electron chi connectivity index (χ3n) is 2.69. The first-order valence-corrected chi connectivity index (χ1v) is 4.93. The lowest BCUT2D eigenvalue weighted by Crippen LogP contribution is -3.00. The summed E-state index contributed by atoms with van der Waals surface area (Å²) < 4.78 is 0.996. The molecular formula is C10H21IN2O. The van der Waals surface area contributed by atoms with Crippen molar-refractivity contribution in [3.05, 3.63) is 0 Å². The average Bonchev–Trinajstić information content (AvgIpc) is 2.26. The molecule has 0 heterocycles. The lowest BCUT2D eigenvalue weighted by Gasteiger charge is -2.27. The number of quaternary nitrogens is 1. The fraction of sp³-hybridized carbons (Fsp3) is 0.900. The number of oxime groups is 1. The number of hydrogen-bond acceptors (Lipinski definition) is 2. The highest BCUT2D eigenvalue weighted by molar-refractivity contribution is 5.88. The second kappa shape index (κ2) is 5.30. The van der Waals surface area contributed by atoms with Gasteiger partial charge in [0.25, 0.3) is 0 Å². The summed E-state index contributed by atoms with van der Waals surface area (Å²) in [7, 11) is 6.62. The molecule has 0 amide bonds. The maximum atomic E-state index is 8.74. The zero-order valence-electron chi connectivity index (χ0n) is 9.50. The van der Waals surface area contributed by atoms with Crippen molar-refractivity contribution >= 4 is 5.71 Å². The van der Waals surface area contributed by atoms with E-state index in [9.17, 15) is 0 Å². The quantitative estimate of drug-likeness (QED) is 0.288. The molecule has 0 aliphatic heterocycles. The molecule has 0 radical (unpaired) electrons. The van der Waals surface area contributed by atoms with Gasteiger partial charge < -0.3 is 33.7 Å². The van der Waals surface area contributed by atoms with Crippen molar-refractivity contribution in [1.29, 1.82) is 0 Å². The molecule has 1 fully saturated rings. The maximum Gasteiger partial charge on any atom is 0.0812 e. The van der Waals surface area contributed by atoms with Gasteiger partial charge in [0.2, 0.25) is 0 Å². The van der Waals surface area contributed by atoms with E-state index in [1.54, 1.807) is 0 Å². The average molecular weight is 312 g/mol. The second-order valence-corrected chi connectivity index (χ2v) is 5.27. The molecule has 0 unspecified atom stereocenters. The standard InChI is InChI=1S/C10H20N2O.HI/c1-8-5-9(6-10(8)11-13)7-12(2,3)4;/h8-9H,5-7H2,1-4H3;1H/b11-10+;/t8-,9+;/m1./s1. The molecule has 3 nitrogen and oxygen atoms in total. The predicted octanol–water partition coefficient (Wildman–Crippen LogP) is -1.43. The monoisotopic (exact) mass is 312 g/mol. The Morgan fingerprint density at radius 3 is 2.36 bits per heavy atom. The molecule has 0 saturated heterocycles. The third kappa shape index (κ3) is 4.13. The molecule has 0 spiro atoms. The Balaban J connectivity index is 0.00000169. The van der Waals surface area contributed by atoms with Crippen LogP contribution in [0.4, 0.5) is 0 Å². The second-order valence-electron chi connectivity index (χ2n) is 5.27. The molecule has 84 valence electrons. The molecule has 0 bridgehead atoms. The zero-order valence-corrected chi connectivity index (χ0v) is 11.7. The molecule has 2 atom stereocenters. The van der Waals surface area contributed by atoms with Crippen LogP contribution in [0.15, 0.2) is 5.16 Å². The molecule has 1 saturated carbocycles. The summed E-state index contributed by atoms with van der Waals surface area (Å²) in [5, 5.41) is 12.1. The summed E-state index contributed by atoms with van der Waals surface area (Å²) in [4.78, 5) is 0. The molecule has 1 aliphatic carbocycles. The molecule has 1 rings (SSSR count). The van der Waals surface area contributed by atoms with Crippen LogP contribution in [0.2, 0.25) is 0 Å². The van der Waals surface area contributed by atoms with Crippen LogP contribution in [0.5, 0.6) is 0 Å². The van der Waals surface area contributed by atoms with Crippen molar-refractivity contribution in [1.82, 2.24) is 0 Å². The Bertz CT molecular complexity index is 211. The highest BCUT2D eigenvalue weighted by Gasteiger charge is 2.31. The summed E-state index contributed by atoms with van der Waals surface area (Å²) in [6.07, 6.45) is 2.15. The van der Waals surface area contributed by atoms with Crippen molar-refractivity contribution in [3.63, 3.8) is 0 Å². The molecule has 0 aromatic carbocycles. The number of rotatable bonds is 2. The van der Waals surface area contributed by atoms with Crippen LogP contribution in [-0.4, -0.2) is 43.1 Å². The smallest absolute Gasteiger partial charge is 0.0812 e. The van der Waals surface area contributed by atoms with E-state index in [1.807, 2.05) is 0 Å². The highest BCUT2D eigenvalue weighted by atomic mass is 127. The fourth-order valence-electron chi connectivity index (χ4n) is 2.27. The van der Waals surface area contributed by atoms with Crippen LogP contribution < -0.4 is 24.0 Å². The first-order chi connectivity index (χ1) is 5.92. The van der Waals surface area contributed by atoms with Gasteiger partial charge in [0.15, 0.2) is 0 Å². The van der Waals surface area contributed by atoms with Gasteiger partial charge in [0, 0.05) is 5.92 Å². The number of nitrogens with zero attached hydrogens (tertiary/aromatic N) is 2. The van der Waals surface area contributed by atoms with Gasteiger partial charge in [-0.3, -0.25) is 0 Å². The molecule has 4 heteroatoms. The molecule has 0 aromatic rings. The van der Waals surface area contributed by atoms with E-state index >= 15 is 0 Å². The van der Waals surface area contributed by atoms with Gasteiger partial charge in [-0.05, 0) is 18.8 Å². The Hall–Kier alpha value is 0.160. The van der Waals surface area contributed by atoms with Gasteiger partial charge in [0.05, 0.1) is 33.4 Å². The SMILES string of the molecule is C[C@@H]1C[C@H](C[N+](C)(C)C)C/C1=N\O.[I-]. The van der Waals surface area contributed by atoms with E-state index in [4.69, 9.17) is 5.21 Å². The van der Waals surface area contributed by atoms with Gasteiger partial charge in [0.1, 0.15) is 0 Å². The van der Waals surface area contributed by atoms with Gasteiger partial charge in [-0.15, -0.1) is 0 Å². The highest BCUT2D eigenvalue weighted by Crippen LogP contribution is 2.29. The molecule has 0 aromatic heterocycles. The summed E-state index contributed by atoms with van der Waals surface area (Å²) in [6, 6.07) is 0. The minimum atomic E-state index is 0. The summed E-state index contributed by atoms with van der Waals surface area (Å²) in [5.41, 5.74) is 0.985. The molecule has 1 N–H and O–H groups in total. The predicted molar refractivity (Wildman–Crippen MR) is 54.0 cm³/mol. The largest absolute Gasteiger partial charge is 1.00 e. The minimum absolute atomic E-state index is 0. The number of halogens is 1. The van der Waals surface area contributed by atoms with Crippen LogP contribution in [0.3, 0.4) is 0 Å². The summed E-state index contributed by atoms with van der Waals surface area (Å²) in [5.74, 6) is 1.17. The van der Waals surface area contributed by atoms with E-state index in [0.29, 0.717) is 11.8 Å². The molecule has 14 heavy (non-hydrogen) atoms. The maximum absolute atomic E-state index is 8.74. The Kier molecular flexibility index (Phi) is 5.36. The van der Waals surface area contributed by atoms with Gasteiger partial charge in [-0.25, -0.2) is 0 Å². The lowest BCUT2D eigenvalue weighted by atomic mass is 10.1. The zero-order chi connectivity index (χ0) is 10.1. The van der Waals surface area contributed by atoms with E-state index in [1.165, 1.54) is 13.0 Å². The van der Waals surface area contributed by atoms with Crippen molar-refractivity contribution < 1.29 is 33.7 Å². The van der Waals surface area contributed by atoms with E-state index in [0.717, 1.165) is 16.6 Å². The van der Waals surface area contributed by atoms with Crippen molar-refractivity contribution in [2.45, 2.75) is 19.8 Å². The van der Waals surface area contributed by atoms with Gasteiger partial charge >= 0.3 is 0 Å². The third-order valence-corrected chi connectivity index (χ3v) is 2.69. The number of hydrogen-bond donors (Lipinski definition) is 1. The first kappa shape index (κ1) is 14.2. The van der Waals surface area contributed by atoms with Gasteiger partial charge in [-0.2, -0.15) is 0 Å². The van der Waals surface area contributed by atoms with Crippen LogP contribution in [-0.2, 0) is 0 Å². The Morgan fingerprint density at radius 2 is 2.00 bits per heavy atom. The fourth-order valence-corrected chi connectivity index (χ4v) is 2.27. The lowest BCUT2D eigenvalue weighted by molar-refractivity contribution is -0.873. The van der Waals surface area contributed by atoms with E-state index in [-0.39, 0.29) is 24.0 Å². The van der Waals surface area contributed by atoms with Crippen molar-refractivity contribution in [2.24, 2.45) is 17.0 Å². The van der Waals surface area contributed by atoms with E-state index in [2.05, 4.69) is 33.2 Å². The minimum Gasteiger partial charge on any atom is -1.00 e. The van der Waals surface area contributed by atoms with Gasteiger partial charge in [-0.1, -0.05) is 12.1 Å².